The molecule has 2 rings (SSSR count). The molecule has 2 aliphatic rings. The standard InChI is InChI=1S/C15H24O2/c1-15(2,3)17-14(16)13-10-6-8-11-7-4-5-9-12(11)13/h4,7,11-13H,5-6,8-10H2,1-3H3. The van der Waals surface area contributed by atoms with Crippen LogP contribution in [-0.2, 0) is 9.53 Å². The van der Waals surface area contributed by atoms with E-state index in [1.54, 1.807) is 0 Å². The summed E-state index contributed by atoms with van der Waals surface area (Å²) >= 11 is 0. The quantitative estimate of drug-likeness (QED) is 0.512. The van der Waals surface area contributed by atoms with Crippen molar-refractivity contribution in [1.82, 2.24) is 0 Å². The van der Waals surface area contributed by atoms with E-state index in [-0.39, 0.29) is 17.5 Å². The first kappa shape index (κ1) is 12.7. The van der Waals surface area contributed by atoms with Crippen LogP contribution in [0.3, 0.4) is 0 Å². The van der Waals surface area contributed by atoms with Crippen LogP contribution >= 0.6 is 0 Å². The van der Waals surface area contributed by atoms with E-state index in [0.717, 1.165) is 25.7 Å². The minimum atomic E-state index is -0.353. The van der Waals surface area contributed by atoms with E-state index in [1.165, 1.54) is 6.42 Å². The lowest BCUT2D eigenvalue weighted by molar-refractivity contribution is -0.164. The Labute approximate surface area is 104 Å². The lowest BCUT2D eigenvalue weighted by Gasteiger charge is -2.38. The van der Waals surface area contributed by atoms with E-state index in [9.17, 15) is 4.79 Å². The first-order valence-corrected chi connectivity index (χ1v) is 6.87. The Morgan fingerprint density at radius 1 is 1.24 bits per heavy atom. The Kier molecular flexibility index (Phi) is 3.60. The van der Waals surface area contributed by atoms with Gasteiger partial charge in [0, 0.05) is 0 Å². The Morgan fingerprint density at radius 2 is 2.00 bits per heavy atom. The number of esters is 1. The molecule has 2 aliphatic carbocycles. The van der Waals surface area contributed by atoms with Crippen LogP contribution < -0.4 is 0 Å². The Morgan fingerprint density at radius 3 is 2.71 bits per heavy atom. The van der Waals surface area contributed by atoms with E-state index in [2.05, 4.69) is 12.2 Å². The molecule has 3 atom stereocenters. The third-order valence-electron chi connectivity index (χ3n) is 3.88. The summed E-state index contributed by atoms with van der Waals surface area (Å²) in [5, 5.41) is 0. The fourth-order valence-electron chi connectivity index (χ4n) is 3.18. The van der Waals surface area contributed by atoms with Gasteiger partial charge in [-0.05, 0) is 58.3 Å². The largest absolute Gasteiger partial charge is 0.460 e. The van der Waals surface area contributed by atoms with Crippen molar-refractivity contribution in [2.75, 3.05) is 0 Å². The van der Waals surface area contributed by atoms with Gasteiger partial charge in [0.1, 0.15) is 5.60 Å². The second-order valence-electron chi connectivity index (χ2n) is 6.40. The number of hydrogen-bond donors (Lipinski definition) is 0. The molecule has 96 valence electrons. The van der Waals surface area contributed by atoms with Crippen LogP contribution in [0, 0.1) is 17.8 Å². The minimum Gasteiger partial charge on any atom is -0.460 e. The molecule has 3 unspecified atom stereocenters. The highest BCUT2D eigenvalue weighted by Crippen LogP contribution is 2.41. The molecular formula is C15H24O2. The first-order chi connectivity index (χ1) is 7.97. The molecule has 1 fully saturated rings. The van der Waals surface area contributed by atoms with Crippen LogP contribution in [0.4, 0.5) is 0 Å². The lowest BCUT2D eigenvalue weighted by atomic mass is 9.68. The molecule has 0 aromatic rings. The number of carbonyl (C=O) groups excluding carboxylic acids is 1. The van der Waals surface area contributed by atoms with Crippen molar-refractivity contribution in [3.8, 4) is 0 Å². The third kappa shape index (κ3) is 3.11. The maximum Gasteiger partial charge on any atom is 0.309 e. The van der Waals surface area contributed by atoms with Gasteiger partial charge in [0.05, 0.1) is 5.92 Å². The fourth-order valence-corrected chi connectivity index (χ4v) is 3.18. The summed E-state index contributed by atoms with van der Waals surface area (Å²) in [5.74, 6) is 1.32. The molecular weight excluding hydrogens is 212 g/mol. The Bertz CT molecular complexity index is 311. The second-order valence-corrected chi connectivity index (χ2v) is 6.40. The molecule has 0 amide bonds. The van der Waals surface area contributed by atoms with Crippen molar-refractivity contribution in [2.24, 2.45) is 17.8 Å². The number of fused-ring (bicyclic) bond motifs is 1. The summed E-state index contributed by atoms with van der Waals surface area (Å²) in [6.45, 7) is 5.85. The zero-order chi connectivity index (χ0) is 12.5. The van der Waals surface area contributed by atoms with Gasteiger partial charge < -0.3 is 4.74 Å². The maximum atomic E-state index is 12.2. The molecule has 0 N–H and O–H groups in total. The third-order valence-corrected chi connectivity index (χ3v) is 3.88. The van der Waals surface area contributed by atoms with E-state index in [0.29, 0.717) is 11.8 Å². The van der Waals surface area contributed by atoms with Crippen LogP contribution in [0.1, 0.15) is 52.9 Å². The average Bonchev–Trinajstić information content (AvgIpc) is 2.26. The van der Waals surface area contributed by atoms with Crippen LogP contribution in [0.5, 0.6) is 0 Å². The SMILES string of the molecule is CC(C)(C)OC(=O)C1CCCC2C=CCCC21. The van der Waals surface area contributed by atoms with Crippen molar-refractivity contribution >= 4 is 5.97 Å². The maximum absolute atomic E-state index is 12.2. The molecule has 0 radical (unpaired) electrons. The predicted octanol–water partition coefficient (Wildman–Crippen LogP) is 3.71. The van der Waals surface area contributed by atoms with E-state index in [4.69, 9.17) is 4.74 Å². The molecule has 1 saturated carbocycles. The van der Waals surface area contributed by atoms with Gasteiger partial charge >= 0.3 is 5.97 Å². The molecule has 0 heterocycles. The van der Waals surface area contributed by atoms with Crippen molar-refractivity contribution in [2.45, 2.75) is 58.5 Å². The van der Waals surface area contributed by atoms with Gasteiger partial charge in [-0.25, -0.2) is 0 Å². The van der Waals surface area contributed by atoms with Gasteiger partial charge in [0.2, 0.25) is 0 Å². The Balaban J connectivity index is 2.04. The first-order valence-electron chi connectivity index (χ1n) is 6.87. The topological polar surface area (TPSA) is 26.3 Å². The zero-order valence-electron chi connectivity index (χ0n) is 11.2. The van der Waals surface area contributed by atoms with Crippen LogP contribution in [0.2, 0.25) is 0 Å². The Hall–Kier alpha value is -0.790. The predicted molar refractivity (Wildman–Crippen MR) is 68.5 cm³/mol. The molecule has 0 aromatic carbocycles. The van der Waals surface area contributed by atoms with Crippen molar-refractivity contribution < 1.29 is 9.53 Å². The summed E-state index contributed by atoms with van der Waals surface area (Å²) in [6.07, 6.45) is 10.3. The van der Waals surface area contributed by atoms with Crippen LogP contribution in [0.15, 0.2) is 12.2 Å². The van der Waals surface area contributed by atoms with E-state index >= 15 is 0 Å². The number of ether oxygens (including phenoxy) is 1. The monoisotopic (exact) mass is 236 g/mol. The normalized spacial score (nSPS) is 33.0. The van der Waals surface area contributed by atoms with Crippen molar-refractivity contribution in [3.05, 3.63) is 12.2 Å². The highest BCUT2D eigenvalue weighted by atomic mass is 16.6. The summed E-state index contributed by atoms with van der Waals surface area (Å²) < 4.78 is 5.56. The zero-order valence-corrected chi connectivity index (χ0v) is 11.2. The van der Waals surface area contributed by atoms with Gasteiger partial charge in [-0.1, -0.05) is 18.6 Å². The number of carbonyl (C=O) groups is 1. The molecule has 0 aromatic heterocycles. The van der Waals surface area contributed by atoms with Gasteiger partial charge in [-0.2, -0.15) is 0 Å². The van der Waals surface area contributed by atoms with Crippen LogP contribution in [-0.4, -0.2) is 11.6 Å². The molecule has 2 heteroatoms. The summed E-state index contributed by atoms with van der Waals surface area (Å²) in [4.78, 5) is 12.2. The van der Waals surface area contributed by atoms with Crippen molar-refractivity contribution in [1.29, 1.82) is 0 Å². The highest BCUT2D eigenvalue weighted by Gasteiger charge is 2.38. The van der Waals surface area contributed by atoms with E-state index in [1.807, 2.05) is 20.8 Å². The van der Waals surface area contributed by atoms with E-state index < -0.39 is 0 Å². The number of rotatable bonds is 1. The molecule has 0 aliphatic heterocycles. The highest BCUT2D eigenvalue weighted by molar-refractivity contribution is 5.73. The molecule has 2 nitrogen and oxygen atoms in total. The minimum absolute atomic E-state index is 0.0301. The summed E-state index contributed by atoms with van der Waals surface area (Å²) in [7, 11) is 0. The van der Waals surface area contributed by atoms with Gasteiger partial charge in [-0.15, -0.1) is 0 Å². The summed E-state index contributed by atoms with van der Waals surface area (Å²) in [5.41, 5.74) is -0.353. The van der Waals surface area contributed by atoms with Gasteiger partial charge in [0.25, 0.3) is 0 Å². The molecule has 0 saturated heterocycles. The number of allylic oxidation sites excluding steroid dienone is 2. The van der Waals surface area contributed by atoms with Gasteiger partial charge in [0.15, 0.2) is 0 Å². The van der Waals surface area contributed by atoms with Crippen LogP contribution in [0.25, 0.3) is 0 Å². The lowest BCUT2D eigenvalue weighted by Crippen LogP contribution is -2.38. The number of hydrogen-bond acceptors (Lipinski definition) is 2. The summed E-state index contributed by atoms with van der Waals surface area (Å²) in [6, 6.07) is 0. The smallest absolute Gasteiger partial charge is 0.309 e. The molecule has 17 heavy (non-hydrogen) atoms. The average molecular weight is 236 g/mol. The molecule has 0 spiro atoms. The van der Waals surface area contributed by atoms with Gasteiger partial charge in [-0.3, -0.25) is 4.79 Å². The fraction of sp³-hybridized carbons (Fsp3) is 0.800. The van der Waals surface area contributed by atoms with Crippen molar-refractivity contribution in [3.63, 3.8) is 0 Å². The molecule has 0 bridgehead atoms. The second kappa shape index (κ2) is 4.83.